The third-order valence-electron chi connectivity index (χ3n) is 2.17. The predicted molar refractivity (Wildman–Crippen MR) is 29.5 cm³/mol. The van der Waals surface area contributed by atoms with E-state index in [1.54, 1.807) is 0 Å². The maximum atomic E-state index is 12.4. The molecule has 0 aromatic rings. The smallest absolute Gasteiger partial charge is 0.262 e. The minimum Gasteiger partial charge on any atom is -0.305 e. The molecule has 1 spiro atoms. The first-order chi connectivity index (χ1) is 4.12. The fourth-order valence-electron chi connectivity index (χ4n) is 1.44. The molecule has 3 heteroatoms. The van der Waals surface area contributed by atoms with Crippen LogP contribution in [0, 0.1) is 0 Å². The van der Waals surface area contributed by atoms with Gasteiger partial charge in [0.05, 0.1) is 6.54 Å². The van der Waals surface area contributed by atoms with E-state index in [-0.39, 0.29) is 18.5 Å². The Labute approximate surface area is 52.4 Å². The van der Waals surface area contributed by atoms with E-state index in [1.807, 2.05) is 0 Å². The monoisotopic (exact) mass is 133 g/mol. The van der Waals surface area contributed by atoms with Gasteiger partial charge in [-0.05, 0) is 12.8 Å². The molecule has 0 atom stereocenters. The number of alkyl halides is 2. The molecule has 0 aromatic carbocycles. The van der Waals surface area contributed by atoms with Crippen LogP contribution in [-0.4, -0.2) is 18.0 Å². The Hall–Kier alpha value is -0.180. The van der Waals surface area contributed by atoms with Crippen LogP contribution in [0.5, 0.6) is 0 Å². The van der Waals surface area contributed by atoms with E-state index >= 15 is 0 Å². The molecule has 52 valence electrons. The molecule has 0 unspecified atom stereocenters. The van der Waals surface area contributed by atoms with E-state index in [2.05, 4.69) is 5.32 Å². The molecule has 1 aliphatic carbocycles. The van der Waals surface area contributed by atoms with Gasteiger partial charge in [-0.25, -0.2) is 8.78 Å². The van der Waals surface area contributed by atoms with Gasteiger partial charge in [-0.1, -0.05) is 0 Å². The van der Waals surface area contributed by atoms with Gasteiger partial charge >= 0.3 is 0 Å². The molecule has 1 aliphatic heterocycles. The number of nitrogens with one attached hydrogen (secondary N) is 1. The van der Waals surface area contributed by atoms with Gasteiger partial charge in [-0.2, -0.15) is 0 Å². The third kappa shape index (κ3) is 0.834. The average molecular weight is 133 g/mol. The fraction of sp³-hybridized carbons (Fsp3) is 1.00. The molecule has 9 heavy (non-hydrogen) atoms. The van der Waals surface area contributed by atoms with Gasteiger partial charge in [-0.15, -0.1) is 0 Å². The molecule has 0 aromatic heterocycles. The SMILES string of the molecule is FC1(F)CNC2(CC2)C1. The summed E-state index contributed by atoms with van der Waals surface area (Å²) >= 11 is 0. The van der Waals surface area contributed by atoms with Crippen molar-refractivity contribution in [2.75, 3.05) is 6.54 Å². The average Bonchev–Trinajstić information content (AvgIpc) is 2.36. The lowest BCUT2D eigenvalue weighted by Crippen LogP contribution is -2.23. The normalized spacial score (nSPS) is 35.3. The van der Waals surface area contributed by atoms with Crippen molar-refractivity contribution in [3.8, 4) is 0 Å². The highest BCUT2D eigenvalue weighted by molar-refractivity contribution is 5.10. The van der Waals surface area contributed by atoms with E-state index in [1.165, 1.54) is 0 Å². The van der Waals surface area contributed by atoms with Crippen molar-refractivity contribution in [2.24, 2.45) is 0 Å². The lowest BCUT2D eigenvalue weighted by molar-refractivity contribution is 0.0202. The Morgan fingerprint density at radius 2 is 1.89 bits per heavy atom. The Kier molecular flexibility index (Phi) is 0.799. The maximum absolute atomic E-state index is 12.4. The quantitative estimate of drug-likeness (QED) is 0.522. The number of rotatable bonds is 0. The highest BCUT2D eigenvalue weighted by Gasteiger charge is 2.55. The van der Waals surface area contributed by atoms with E-state index in [0.717, 1.165) is 12.8 Å². The molecule has 1 saturated carbocycles. The topological polar surface area (TPSA) is 12.0 Å². The van der Waals surface area contributed by atoms with Gasteiger partial charge in [0.25, 0.3) is 5.92 Å². The highest BCUT2D eigenvalue weighted by atomic mass is 19.3. The highest BCUT2D eigenvalue weighted by Crippen LogP contribution is 2.47. The van der Waals surface area contributed by atoms with E-state index in [9.17, 15) is 8.78 Å². The van der Waals surface area contributed by atoms with Crippen molar-refractivity contribution in [2.45, 2.75) is 30.7 Å². The van der Waals surface area contributed by atoms with Crippen LogP contribution in [0.1, 0.15) is 19.3 Å². The second kappa shape index (κ2) is 1.29. The zero-order valence-electron chi connectivity index (χ0n) is 5.08. The predicted octanol–water partition coefficient (Wildman–Crippen LogP) is 1.15. The summed E-state index contributed by atoms with van der Waals surface area (Å²) in [6, 6.07) is 0. The molecule has 1 nitrogen and oxygen atoms in total. The van der Waals surface area contributed by atoms with Gasteiger partial charge in [0.15, 0.2) is 0 Å². The molecule has 1 N–H and O–H groups in total. The minimum absolute atomic E-state index is 0.0694. The molecule has 1 heterocycles. The summed E-state index contributed by atoms with van der Waals surface area (Å²) in [6.45, 7) is -0.104. The van der Waals surface area contributed by atoms with Crippen molar-refractivity contribution >= 4 is 0 Å². The first-order valence-electron chi connectivity index (χ1n) is 3.25. The Balaban J connectivity index is 2.08. The Morgan fingerprint density at radius 1 is 1.22 bits per heavy atom. The van der Waals surface area contributed by atoms with E-state index in [0.29, 0.717) is 0 Å². The molecule has 2 rings (SSSR count). The number of halogens is 2. The lowest BCUT2D eigenvalue weighted by Gasteiger charge is -2.04. The Bertz CT molecular complexity index is 136. The van der Waals surface area contributed by atoms with Crippen LogP contribution in [0.15, 0.2) is 0 Å². The number of hydrogen-bond donors (Lipinski definition) is 1. The molecule has 0 radical (unpaired) electrons. The van der Waals surface area contributed by atoms with Crippen LogP contribution in [-0.2, 0) is 0 Å². The van der Waals surface area contributed by atoms with E-state index in [4.69, 9.17) is 0 Å². The minimum atomic E-state index is -2.42. The summed E-state index contributed by atoms with van der Waals surface area (Å²) in [5.74, 6) is -2.42. The van der Waals surface area contributed by atoms with Crippen LogP contribution in [0.2, 0.25) is 0 Å². The molecule has 0 bridgehead atoms. The van der Waals surface area contributed by atoms with Crippen molar-refractivity contribution in [1.29, 1.82) is 0 Å². The van der Waals surface area contributed by atoms with Crippen LogP contribution >= 0.6 is 0 Å². The summed E-state index contributed by atoms with van der Waals surface area (Å²) in [7, 11) is 0. The van der Waals surface area contributed by atoms with Gasteiger partial charge < -0.3 is 5.32 Å². The first kappa shape index (κ1) is 5.59. The van der Waals surface area contributed by atoms with Gasteiger partial charge in [-0.3, -0.25) is 0 Å². The fourth-order valence-corrected chi connectivity index (χ4v) is 1.44. The van der Waals surface area contributed by atoms with Gasteiger partial charge in [0.2, 0.25) is 0 Å². The van der Waals surface area contributed by atoms with E-state index < -0.39 is 5.92 Å². The molecule has 1 saturated heterocycles. The molecular formula is C6H9F2N. The summed E-state index contributed by atoms with van der Waals surface area (Å²) < 4.78 is 24.8. The number of hydrogen-bond acceptors (Lipinski definition) is 1. The van der Waals surface area contributed by atoms with Crippen LogP contribution in [0.3, 0.4) is 0 Å². The van der Waals surface area contributed by atoms with Crippen LogP contribution in [0.25, 0.3) is 0 Å². The van der Waals surface area contributed by atoms with Crippen molar-refractivity contribution in [3.05, 3.63) is 0 Å². The second-order valence-corrected chi connectivity index (χ2v) is 3.17. The summed E-state index contributed by atoms with van der Waals surface area (Å²) in [5.41, 5.74) is -0.122. The lowest BCUT2D eigenvalue weighted by atomic mass is 10.2. The van der Waals surface area contributed by atoms with Crippen LogP contribution < -0.4 is 5.32 Å². The molecule has 2 fully saturated rings. The largest absolute Gasteiger partial charge is 0.305 e. The second-order valence-electron chi connectivity index (χ2n) is 3.17. The van der Waals surface area contributed by atoms with Crippen molar-refractivity contribution < 1.29 is 8.78 Å². The first-order valence-corrected chi connectivity index (χ1v) is 3.25. The van der Waals surface area contributed by atoms with Crippen LogP contribution in [0.4, 0.5) is 8.78 Å². The molecule has 0 amide bonds. The third-order valence-corrected chi connectivity index (χ3v) is 2.17. The van der Waals surface area contributed by atoms with Gasteiger partial charge in [0.1, 0.15) is 0 Å². The standard InChI is InChI=1S/C6H9F2N/c7-6(8)3-5(1-2-5)9-4-6/h9H,1-4H2. The summed E-state index contributed by atoms with van der Waals surface area (Å²) in [6.07, 6.45) is 1.96. The maximum Gasteiger partial charge on any atom is 0.262 e. The van der Waals surface area contributed by atoms with Gasteiger partial charge in [0, 0.05) is 12.0 Å². The summed E-state index contributed by atoms with van der Waals surface area (Å²) in [5, 5.41) is 2.85. The Morgan fingerprint density at radius 3 is 2.11 bits per heavy atom. The molecule has 2 aliphatic rings. The van der Waals surface area contributed by atoms with Crippen molar-refractivity contribution in [3.63, 3.8) is 0 Å². The summed E-state index contributed by atoms with van der Waals surface area (Å²) in [4.78, 5) is 0. The molecular weight excluding hydrogens is 124 g/mol. The zero-order valence-corrected chi connectivity index (χ0v) is 5.08. The zero-order chi connectivity index (χ0) is 6.54. The van der Waals surface area contributed by atoms with Crippen molar-refractivity contribution in [1.82, 2.24) is 5.32 Å².